The Hall–Kier alpha value is -0.130. The fourth-order valence-electron chi connectivity index (χ4n) is 1.83. The molecule has 0 radical (unpaired) electrons. The Morgan fingerprint density at radius 3 is 2.71 bits per heavy atom. The lowest BCUT2D eigenvalue weighted by molar-refractivity contribution is -0.133. The summed E-state index contributed by atoms with van der Waals surface area (Å²) in [5.41, 5.74) is 0. The van der Waals surface area contributed by atoms with Gasteiger partial charge in [-0.15, -0.1) is 0 Å². The molecular formula is C9H14BrNO3. The highest BCUT2D eigenvalue weighted by molar-refractivity contribution is 9.09. The van der Waals surface area contributed by atoms with Crippen molar-refractivity contribution in [3.8, 4) is 0 Å². The predicted octanol–water partition coefficient (Wildman–Crippen LogP) is 0.603. The van der Waals surface area contributed by atoms with Gasteiger partial charge in [0, 0.05) is 18.3 Å². The highest BCUT2D eigenvalue weighted by Gasteiger charge is 2.31. The van der Waals surface area contributed by atoms with Crippen LogP contribution in [0.4, 0.5) is 0 Å². The number of carbonyl (C=O) groups is 1. The number of ether oxygens (including phenoxy) is 2. The molecule has 2 heterocycles. The monoisotopic (exact) mass is 263 g/mol. The molecule has 1 atom stereocenters. The van der Waals surface area contributed by atoms with Crippen LogP contribution in [0.15, 0.2) is 0 Å². The van der Waals surface area contributed by atoms with Crippen molar-refractivity contribution in [3.63, 3.8) is 0 Å². The van der Waals surface area contributed by atoms with Crippen molar-refractivity contribution in [2.45, 2.75) is 12.7 Å². The van der Waals surface area contributed by atoms with Gasteiger partial charge in [0.25, 0.3) is 0 Å². The van der Waals surface area contributed by atoms with Crippen molar-refractivity contribution in [2.24, 2.45) is 5.92 Å². The third-order valence-corrected chi connectivity index (χ3v) is 3.49. The van der Waals surface area contributed by atoms with Crippen LogP contribution in [0.1, 0.15) is 6.42 Å². The van der Waals surface area contributed by atoms with Crippen molar-refractivity contribution in [3.05, 3.63) is 0 Å². The SMILES string of the molecule is O=C1CC(CBr)CN1CC1OCCO1. The minimum Gasteiger partial charge on any atom is -0.348 e. The summed E-state index contributed by atoms with van der Waals surface area (Å²) < 4.78 is 10.6. The van der Waals surface area contributed by atoms with E-state index in [2.05, 4.69) is 15.9 Å². The lowest BCUT2D eigenvalue weighted by Gasteiger charge is -2.19. The summed E-state index contributed by atoms with van der Waals surface area (Å²) in [6.07, 6.45) is 0.450. The summed E-state index contributed by atoms with van der Waals surface area (Å²) in [4.78, 5) is 13.4. The number of rotatable bonds is 3. The van der Waals surface area contributed by atoms with Crippen LogP contribution in [-0.2, 0) is 14.3 Å². The van der Waals surface area contributed by atoms with Gasteiger partial charge in [-0.05, 0) is 5.92 Å². The van der Waals surface area contributed by atoms with E-state index in [1.807, 2.05) is 4.90 Å². The van der Waals surface area contributed by atoms with Gasteiger partial charge in [0.05, 0.1) is 19.8 Å². The lowest BCUT2D eigenvalue weighted by Crippen LogP contribution is -2.34. The van der Waals surface area contributed by atoms with E-state index in [0.717, 1.165) is 11.9 Å². The number of hydrogen-bond donors (Lipinski definition) is 0. The molecular weight excluding hydrogens is 250 g/mol. The minimum absolute atomic E-state index is 0.201. The third kappa shape index (κ3) is 2.27. The Morgan fingerprint density at radius 1 is 1.43 bits per heavy atom. The van der Waals surface area contributed by atoms with Crippen molar-refractivity contribution >= 4 is 21.8 Å². The second kappa shape index (κ2) is 4.59. The molecule has 0 aromatic heterocycles. The van der Waals surface area contributed by atoms with Crippen LogP contribution in [0.25, 0.3) is 0 Å². The molecule has 2 rings (SSSR count). The Labute approximate surface area is 91.7 Å². The van der Waals surface area contributed by atoms with E-state index in [9.17, 15) is 4.79 Å². The summed E-state index contributed by atoms with van der Waals surface area (Å²) in [6, 6.07) is 0. The molecule has 0 saturated carbocycles. The number of alkyl halides is 1. The number of likely N-dealkylation sites (tertiary alicyclic amines) is 1. The maximum Gasteiger partial charge on any atom is 0.223 e. The molecule has 0 N–H and O–H groups in total. The first-order valence-corrected chi connectivity index (χ1v) is 5.98. The maximum absolute atomic E-state index is 11.5. The topological polar surface area (TPSA) is 38.8 Å². The van der Waals surface area contributed by atoms with E-state index in [1.165, 1.54) is 0 Å². The van der Waals surface area contributed by atoms with Crippen molar-refractivity contribution in [1.29, 1.82) is 0 Å². The van der Waals surface area contributed by atoms with E-state index in [4.69, 9.17) is 9.47 Å². The molecule has 1 unspecified atom stereocenters. The zero-order valence-electron chi connectivity index (χ0n) is 7.95. The van der Waals surface area contributed by atoms with Crippen LogP contribution in [0, 0.1) is 5.92 Å². The van der Waals surface area contributed by atoms with E-state index < -0.39 is 0 Å². The zero-order chi connectivity index (χ0) is 9.97. The second-order valence-corrected chi connectivity index (χ2v) is 4.34. The van der Waals surface area contributed by atoms with Gasteiger partial charge >= 0.3 is 0 Å². The summed E-state index contributed by atoms with van der Waals surface area (Å²) in [5, 5.41) is 0.890. The van der Waals surface area contributed by atoms with E-state index in [0.29, 0.717) is 32.1 Å². The van der Waals surface area contributed by atoms with Gasteiger partial charge in [-0.1, -0.05) is 15.9 Å². The van der Waals surface area contributed by atoms with Gasteiger partial charge < -0.3 is 14.4 Å². The van der Waals surface area contributed by atoms with Crippen molar-refractivity contribution < 1.29 is 14.3 Å². The molecule has 0 spiro atoms. The Balaban J connectivity index is 1.82. The van der Waals surface area contributed by atoms with Gasteiger partial charge in [-0.25, -0.2) is 0 Å². The smallest absolute Gasteiger partial charge is 0.223 e. The largest absolute Gasteiger partial charge is 0.348 e. The van der Waals surface area contributed by atoms with Gasteiger partial charge in [0.15, 0.2) is 6.29 Å². The molecule has 80 valence electrons. The Kier molecular flexibility index (Phi) is 3.41. The molecule has 14 heavy (non-hydrogen) atoms. The quantitative estimate of drug-likeness (QED) is 0.701. The standard InChI is InChI=1S/C9H14BrNO3/c10-4-7-3-8(12)11(5-7)6-9-13-1-2-14-9/h7,9H,1-6H2. The first-order chi connectivity index (χ1) is 6.79. The fourth-order valence-corrected chi connectivity index (χ4v) is 2.26. The second-order valence-electron chi connectivity index (χ2n) is 3.69. The summed E-state index contributed by atoms with van der Waals surface area (Å²) in [6.45, 7) is 2.71. The normalized spacial score (nSPS) is 29.1. The van der Waals surface area contributed by atoms with Gasteiger partial charge in [-0.3, -0.25) is 4.79 Å². The van der Waals surface area contributed by atoms with Crippen molar-refractivity contribution in [2.75, 3.05) is 31.6 Å². The highest BCUT2D eigenvalue weighted by Crippen LogP contribution is 2.20. The summed E-state index contributed by atoms with van der Waals surface area (Å²) in [7, 11) is 0. The van der Waals surface area contributed by atoms with Gasteiger partial charge in [-0.2, -0.15) is 0 Å². The molecule has 2 aliphatic rings. The first-order valence-electron chi connectivity index (χ1n) is 4.86. The molecule has 0 aromatic carbocycles. The van der Waals surface area contributed by atoms with Crippen LogP contribution in [0.2, 0.25) is 0 Å². The molecule has 1 amide bonds. The average Bonchev–Trinajstić information content (AvgIpc) is 2.78. The summed E-state index contributed by atoms with van der Waals surface area (Å²) in [5.74, 6) is 0.664. The number of amides is 1. The van der Waals surface area contributed by atoms with Crippen LogP contribution in [0.3, 0.4) is 0 Å². The summed E-state index contributed by atoms with van der Waals surface area (Å²) >= 11 is 3.40. The van der Waals surface area contributed by atoms with E-state index in [-0.39, 0.29) is 12.2 Å². The van der Waals surface area contributed by atoms with E-state index in [1.54, 1.807) is 0 Å². The molecule has 4 nitrogen and oxygen atoms in total. The first kappa shape index (κ1) is 10.4. The zero-order valence-corrected chi connectivity index (χ0v) is 9.53. The third-order valence-electron chi connectivity index (χ3n) is 2.57. The highest BCUT2D eigenvalue weighted by atomic mass is 79.9. The number of hydrogen-bond acceptors (Lipinski definition) is 3. The molecule has 2 aliphatic heterocycles. The predicted molar refractivity (Wildman–Crippen MR) is 54.2 cm³/mol. The van der Waals surface area contributed by atoms with Crippen LogP contribution in [0.5, 0.6) is 0 Å². The Bertz CT molecular complexity index is 218. The van der Waals surface area contributed by atoms with Crippen LogP contribution in [-0.4, -0.2) is 48.7 Å². The van der Waals surface area contributed by atoms with E-state index >= 15 is 0 Å². The fraction of sp³-hybridized carbons (Fsp3) is 0.889. The molecule has 0 aliphatic carbocycles. The average molecular weight is 264 g/mol. The number of carbonyl (C=O) groups excluding carboxylic acids is 1. The van der Waals surface area contributed by atoms with Crippen molar-refractivity contribution in [1.82, 2.24) is 4.90 Å². The minimum atomic E-state index is -0.201. The molecule has 2 fully saturated rings. The van der Waals surface area contributed by atoms with Crippen LogP contribution < -0.4 is 0 Å². The Morgan fingerprint density at radius 2 is 2.14 bits per heavy atom. The number of halogens is 1. The van der Waals surface area contributed by atoms with Crippen LogP contribution >= 0.6 is 15.9 Å². The molecule has 5 heteroatoms. The molecule has 2 saturated heterocycles. The molecule has 0 aromatic rings. The maximum atomic E-state index is 11.5. The van der Waals surface area contributed by atoms with Gasteiger partial charge in [0.2, 0.25) is 5.91 Å². The lowest BCUT2D eigenvalue weighted by atomic mass is 10.2. The molecule has 0 bridgehead atoms. The number of nitrogens with zero attached hydrogens (tertiary/aromatic N) is 1. The van der Waals surface area contributed by atoms with Gasteiger partial charge in [0.1, 0.15) is 0 Å².